The van der Waals surface area contributed by atoms with Gasteiger partial charge in [-0.1, -0.05) is 25.3 Å². The van der Waals surface area contributed by atoms with Crippen LogP contribution in [0.1, 0.15) is 42.6 Å². The zero-order valence-electron chi connectivity index (χ0n) is 11.1. The summed E-state index contributed by atoms with van der Waals surface area (Å²) in [6, 6.07) is 0. The van der Waals surface area contributed by atoms with Gasteiger partial charge in [0.25, 0.3) is 5.91 Å². The molecule has 0 aromatic carbocycles. The standard InChI is InChI=1S/C12H20N4OS/c1-12(2,3)10-9(18-16-15-10)11(17)14-7-8-4-5-13-6-8/h8,13H,4-7H2,1-3H3,(H,14,17). The molecule has 1 atom stereocenters. The summed E-state index contributed by atoms with van der Waals surface area (Å²) in [5.41, 5.74) is 0.642. The Hall–Kier alpha value is -1.01. The largest absolute Gasteiger partial charge is 0.351 e. The highest BCUT2D eigenvalue weighted by Crippen LogP contribution is 2.25. The summed E-state index contributed by atoms with van der Waals surface area (Å²) in [4.78, 5) is 12.8. The highest BCUT2D eigenvalue weighted by Gasteiger charge is 2.26. The van der Waals surface area contributed by atoms with Gasteiger partial charge in [0.15, 0.2) is 0 Å². The summed E-state index contributed by atoms with van der Waals surface area (Å²) in [6.45, 7) is 8.90. The van der Waals surface area contributed by atoms with Crippen LogP contribution >= 0.6 is 11.5 Å². The van der Waals surface area contributed by atoms with Gasteiger partial charge < -0.3 is 10.6 Å². The zero-order chi connectivity index (χ0) is 13.2. The maximum absolute atomic E-state index is 12.1. The van der Waals surface area contributed by atoms with Gasteiger partial charge in [0.05, 0.1) is 5.69 Å². The average Bonchev–Trinajstić information content (AvgIpc) is 2.95. The van der Waals surface area contributed by atoms with Gasteiger partial charge in [0.1, 0.15) is 4.88 Å². The van der Waals surface area contributed by atoms with Crippen molar-refractivity contribution in [1.82, 2.24) is 20.2 Å². The Morgan fingerprint density at radius 3 is 2.94 bits per heavy atom. The fourth-order valence-electron chi connectivity index (χ4n) is 2.04. The van der Waals surface area contributed by atoms with Crippen molar-refractivity contribution in [2.24, 2.45) is 5.92 Å². The number of carbonyl (C=O) groups is 1. The summed E-state index contributed by atoms with van der Waals surface area (Å²) < 4.78 is 3.91. The van der Waals surface area contributed by atoms with E-state index in [1.165, 1.54) is 11.5 Å². The van der Waals surface area contributed by atoms with Crippen LogP contribution in [-0.4, -0.2) is 35.1 Å². The molecule has 1 aromatic rings. The lowest BCUT2D eigenvalue weighted by atomic mass is 9.91. The minimum absolute atomic E-state index is 0.0400. The molecule has 2 rings (SSSR count). The van der Waals surface area contributed by atoms with Crippen LogP contribution in [-0.2, 0) is 5.41 Å². The van der Waals surface area contributed by atoms with E-state index in [2.05, 4.69) is 20.2 Å². The molecule has 2 N–H and O–H groups in total. The van der Waals surface area contributed by atoms with Gasteiger partial charge in [-0.25, -0.2) is 0 Å². The highest BCUT2D eigenvalue weighted by molar-refractivity contribution is 7.08. The van der Waals surface area contributed by atoms with E-state index in [0.29, 0.717) is 10.8 Å². The number of aromatic nitrogens is 2. The lowest BCUT2D eigenvalue weighted by Gasteiger charge is -2.16. The molecular formula is C12H20N4OS. The van der Waals surface area contributed by atoms with Gasteiger partial charge in [-0.3, -0.25) is 4.79 Å². The normalized spacial score (nSPS) is 20.1. The van der Waals surface area contributed by atoms with E-state index < -0.39 is 0 Å². The molecule has 100 valence electrons. The second kappa shape index (κ2) is 5.32. The molecule has 1 unspecified atom stereocenters. The molecule has 18 heavy (non-hydrogen) atoms. The minimum atomic E-state index is -0.144. The van der Waals surface area contributed by atoms with Crippen molar-refractivity contribution in [2.75, 3.05) is 19.6 Å². The number of nitrogens with one attached hydrogen (secondary N) is 2. The van der Waals surface area contributed by atoms with Crippen molar-refractivity contribution >= 4 is 17.4 Å². The van der Waals surface area contributed by atoms with Crippen LogP contribution in [0.15, 0.2) is 0 Å². The van der Waals surface area contributed by atoms with E-state index in [1.54, 1.807) is 0 Å². The van der Waals surface area contributed by atoms with Crippen LogP contribution < -0.4 is 10.6 Å². The summed E-state index contributed by atoms with van der Waals surface area (Å²) in [7, 11) is 0. The van der Waals surface area contributed by atoms with Crippen LogP contribution in [0.25, 0.3) is 0 Å². The molecule has 0 radical (unpaired) electrons. The quantitative estimate of drug-likeness (QED) is 0.864. The van der Waals surface area contributed by atoms with Crippen molar-refractivity contribution in [3.05, 3.63) is 10.6 Å². The molecule has 1 aromatic heterocycles. The summed E-state index contributed by atoms with van der Waals surface area (Å²) in [6.07, 6.45) is 1.13. The molecule has 1 saturated heterocycles. The molecule has 6 heteroatoms. The first kappa shape index (κ1) is 13.4. The number of nitrogens with zero attached hydrogens (tertiary/aromatic N) is 2. The smallest absolute Gasteiger partial charge is 0.264 e. The van der Waals surface area contributed by atoms with Crippen LogP contribution in [0.4, 0.5) is 0 Å². The Labute approximate surface area is 112 Å². The third-order valence-electron chi connectivity index (χ3n) is 3.12. The van der Waals surface area contributed by atoms with Crippen molar-refractivity contribution in [3.8, 4) is 0 Å². The van der Waals surface area contributed by atoms with Gasteiger partial charge in [-0.2, -0.15) is 0 Å². The topological polar surface area (TPSA) is 66.9 Å². The van der Waals surface area contributed by atoms with Crippen LogP contribution in [0.5, 0.6) is 0 Å². The number of hydrogen-bond donors (Lipinski definition) is 2. The summed E-state index contributed by atoms with van der Waals surface area (Å²) >= 11 is 1.18. The van der Waals surface area contributed by atoms with Gasteiger partial charge >= 0.3 is 0 Å². The zero-order valence-corrected chi connectivity index (χ0v) is 11.9. The minimum Gasteiger partial charge on any atom is -0.351 e. The number of hydrogen-bond acceptors (Lipinski definition) is 5. The molecule has 0 bridgehead atoms. The van der Waals surface area contributed by atoms with Crippen LogP contribution in [0.2, 0.25) is 0 Å². The molecule has 2 heterocycles. The second-order valence-corrected chi connectivity index (χ2v) is 6.52. The van der Waals surface area contributed by atoms with Crippen molar-refractivity contribution in [2.45, 2.75) is 32.6 Å². The highest BCUT2D eigenvalue weighted by atomic mass is 32.1. The Kier molecular flexibility index (Phi) is 3.97. The van der Waals surface area contributed by atoms with E-state index in [0.717, 1.165) is 31.7 Å². The molecule has 0 saturated carbocycles. The Morgan fingerprint density at radius 1 is 1.56 bits per heavy atom. The summed E-state index contributed by atoms with van der Waals surface area (Å²) in [5.74, 6) is 0.509. The van der Waals surface area contributed by atoms with E-state index in [4.69, 9.17) is 0 Å². The molecule has 1 aliphatic heterocycles. The van der Waals surface area contributed by atoms with Crippen molar-refractivity contribution in [1.29, 1.82) is 0 Å². The SMILES string of the molecule is CC(C)(C)c1nnsc1C(=O)NCC1CCNC1. The first-order valence-corrected chi connectivity index (χ1v) is 7.07. The van der Waals surface area contributed by atoms with Crippen LogP contribution in [0, 0.1) is 5.92 Å². The first-order valence-electron chi connectivity index (χ1n) is 6.30. The maximum Gasteiger partial charge on any atom is 0.264 e. The second-order valence-electron chi connectivity index (χ2n) is 5.77. The maximum atomic E-state index is 12.1. The number of amides is 1. The first-order chi connectivity index (χ1) is 8.48. The third kappa shape index (κ3) is 3.05. The fourth-order valence-corrected chi connectivity index (χ4v) is 2.83. The van der Waals surface area contributed by atoms with E-state index in [9.17, 15) is 4.79 Å². The predicted molar refractivity (Wildman–Crippen MR) is 71.9 cm³/mol. The van der Waals surface area contributed by atoms with Gasteiger partial charge in [-0.15, -0.1) is 5.10 Å². The fraction of sp³-hybridized carbons (Fsp3) is 0.750. The van der Waals surface area contributed by atoms with Gasteiger partial charge in [0.2, 0.25) is 0 Å². The average molecular weight is 268 g/mol. The van der Waals surface area contributed by atoms with E-state index >= 15 is 0 Å². The van der Waals surface area contributed by atoms with E-state index in [1.807, 2.05) is 20.8 Å². The molecule has 0 aliphatic carbocycles. The van der Waals surface area contributed by atoms with Crippen molar-refractivity contribution < 1.29 is 4.79 Å². The molecule has 0 spiro atoms. The monoisotopic (exact) mass is 268 g/mol. The Bertz CT molecular complexity index is 418. The lowest BCUT2D eigenvalue weighted by Crippen LogP contribution is -2.31. The number of rotatable bonds is 3. The lowest BCUT2D eigenvalue weighted by molar-refractivity contribution is 0.0950. The van der Waals surface area contributed by atoms with E-state index in [-0.39, 0.29) is 11.3 Å². The van der Waals surface area contributed by atoms with Gasteiger partial charge in [-0.05, 0) is 37.0 Å². The predicted octanol–water partition coefficient (Wildman–Crippen LogP) is 1.17. The van der Waals surface area contributed by atoms with Crippen LogP contribution in [0.3, 0.4) is 0 Å². The van der Waals surface area contributed by atoms with Gasteiger partial charge in [0, 0.05) is 12.0 Å². The molecule has 1 amide bonds. The molecule has 1 fully saturated rings. The van der Waals surface area contributed by atoms with Crippen molar-refractivity contribution in [3.63, 3.8) is 0 Å². The molecular weight excluding hydrogens is 248 g/mol. The summed E-state index contributed by atoms with van der Waals surface area (Å²) in [5, 5.41) is 10.4. The Morgan fingerprint density at radius 2 is 2.33 bits per heavy atom. The third-order valence-corrected chi connectivity index (χ3v) is 3.84. The molecule has 5 nitrogen and oxygen atoms in total. The Balaban J connectivity index is 1.98. The number of carbonyl (C=O) groups excluding carboxylic acids is 1. The molecule has 1 aliphatic rings.